The maximum atomic E-state index is 7.37. The smallest absolute Gasteiger partial charge is 0.261 e. The third kappa shape index (κ3) is 6.03. The summed E-state index contributed by atoms with van der Waals surface area (Å²) in [4.78, 5) is 0. The van der Waals surface area contributed by atoms with Gasteiger partial charge in [-0.2, -0.15) is 0 Å². The summed E-state index contributed by atoms with van der Waals surface area (Å²) in [6.07, 6.45) is 3.99. The molecule has 0 saturated heterocycles. The van der Waals surface area contributed by atoms with Crippen molar-refractivity contribution in [3.63, 3.8) is 0 Å². The lowest BCUT2D eigenvalue weighted by Crippen LogP contribution is -2.67. The largest absolute Gasteiger partial charge is 0.497 e. The lowest BCUT2D eigenvalue weighted by Gasteiger charge is -2.44. The normalized spacial score (nSPS) is 19.1. The van der Waals surface area contributed by atoms with Gasteiger partial charge < -0.3 is 18.6 Å². The molecule has 4 aromatic carbocycles. The van der Waals surface area contributed by atoms with Crippen LogP contribution in [-0.4, -0.2) is 35.2 Å². The average molecular weight is 565 g/mol. The third-order valence-corrected chi connectivity index (χ3v) is 13.0. The molecule has 1 heterocycles. The van der Waals surface area contributed by atoms with Crippen molar-refractivity contribution in [2.24, 2.45) is 0 Å². The molecule has 0 amide bonds. The Kier molecular flexibility index (Phi) is 8.79. The summed E-state index contributed by atoms with van der Waals surface area (Å²) in [5.74, 6) is 1.65. The van der Waals surface area contributed by atoms with Gasteiger partial charge in [-0.3, -0.25) is 0 Å². The molecule has 4 aromatic rings. The highest BCUT2D eigenvalue weighted by atomic mass is 28.4. The highest BCUT2D eigenvalue weighted by molar-refractivity contribution is 6.99. The van der Waals surface area contributed by atoms with Crippen molar-refractivity contribution in [2.75, 3.05) is 20.8 Å². The molecule has 0 radical (unpaired) electrons. The van der Waals surface area contributed by atoms with Crippen LogP contribution < -0.4 is 19.8 Å². The molecule has 4 nitrogen and oxygen atoms in total. The molecule has 5 rings (SSSR count). The summed E-state index contributed by atoms with van der Waals surface area (Å²) < 4.78 is 25.3. The number of rotatable bonds is 9. The van der Waals surface area contributed by atoms with Crippen molar-refractivity contribution in [3.8, 4) is 11.5 Å². The number of hydrogen-bond acceptors (Lipinski definition) is 4. The number of benzene rings is 4. The molecule has 0 spiro atoms. The van der Waals surface area contributed by atoms with Crippen LogP contribution in [0, 0.1) is 0 Å². The van der Waals surface area contributed by atoms with Gasteiger partial charge in [0.15, 0.2) is 0 Å². The van der Waals surface area contributed by atoms with Crippen molar-refractivity contribution in [2.45, 2.75) is 43.9 Å². The number of methoxy groups -OCH3 is 2. The second-order valence-electron chi connectivity index (χ2n) is 11.5. The highest BCUT2D eigenvalue weighted by Gasteiger charge is 2.51. The lowest BCUT2D eigenvalue weighted by molar-refractivity contribution is -0.0321. The van der Waals surface area contributed by atoms with Crippen LogP contribution in [0.4, 0.5) is 0 Å². The predicted molar refractivity (Wildman–Crippen MR) is 169 cm³/mol. The molecular weight excluding hydrogens is 524 g/mol. The van der Waals surface area contributed by atoms with E-state index in [0.29, 0.717) is 6.61 Å². The van der Waals surface area contributed by atoms with E-state index in [2.05, 4.69) is 112 Å². The fourth-order valence-electron chi connectivity index (χ4n) is 5.96. The summed E-state index contributed by atoms with van der Waals surface area (Å²) in [5.41, 5.74) is 2.20. The first kappa shape index (κ1) is 28.9. The minimum absolute atomic E-state index is 0.00479. The quantitative estimate of drug-likeness (QED) is 0.161. The van der Waals surface area contributed by atoms with E-state index in [1.807, 2.05) is 30.3 Å². The fraction of sp³-hybridized carbons (Fsp3) is 0.278. The number of ether oxygens (including phenoxy) is 3. The van der Waals surface area contributed by atoms with E-state index < -0.39 is 8.32 Å². The molecule has 0 saturated carbocycles. The van der Waals surface area contributed by atoms with E-state index in [0.717, 1.165) is 22.6 Å². The minimum Gasteiger partial charge on any atom is -0.497 e. The van der Waals surface area contributed by atoms with Gasteiger partial charge in [0.1, 0.15) is 17.6 Å². The summed E-state index contributed by atoms with van der Waals surface area (Å²) in [6, 6.07) is 37.9. The van der Waals surface area contributed by atoms with E-state index in [1.54, 1.807) is 14.2 Å². The first-order valence-electron chi connectivity index (χ1n) is 14.2. The standard InChI is InChI=1S/C36H40O4Si/c1-36(2,3)41(31-18-8-6-9-19-31,32-20-10-7-11-21-32)39-26-35-33(27-14-12-16-29(24-27)37-4)22-23-34(40-35)28-15-13-17-30(25-28)38-5/h6-25,33-35H,26H2,1-5H3/t33-,34-,35-/m1/s1. The van der Waals surface area contributed by atoms with Gasteiger partial charge in [0.2, 0.25) is 0 Å². The van der Waals surface area contributed by atoms with Crippen molar-refractivity contribution in [1.29, 1.82) is 0 Å². The maximum absolute atomic E-state index is 7.37. The Bertz CT molecular complexity index is 1410. The van der Waals surface area contributed by atoms with Crippen molar-refractivity contribution >= 4 is 18.7 Å². The Morgan fingerprint density at radius 2 is 1.20 bits per heavy atom. The van der Waals surface area contributed by atoms with E-state index >= 15 is 0 Å². The van der Waals surface area contributed by atoms with E-state index in [-0.39, 0.29) is 23.2 Å². The van der Waals surface area contributed by atoms with Gasteiger partial charge in [0, 0.05) is 5.92 Å². The Balaban J connectivity index is 1.56. The van der Waals surface area contributed by atoms with Crippen LogP contribution in [0.3, 0.4) is 0 Å². The van der Waals surface area contributed by atoms with Gasteiger partial charge in [-0.05, 0) is 50.8 Å². The Hall–Kier alpha value is -3.64. The molecule has 0 fully saturated rings. The second-order valence-corrected chi connectivity index (χ2v) is 15.8. The van der Waals surface area contributed by atoms with Crippen LogP contribution in [-0.2, 0) is 9.16 Å². The molecule has 0 N–H and O–H groups in total. The predicted octanol–water partition coefficient (Wildman–Crippen LogP) is 7.06. The Labute approximate surface area is 245 Å². The van der Waals surface area contributed by atoms with Gasteiger partial charge in [-0.15, -0.1) is 0 Å². The monoisotopic (exact) mass is 564 g/mol. The zero-order valence-electron chi connectivity index (χ0n) is 24.6. The lowest BCUT2D eigenvalue weighted by atomic mass is 9.89. The summed E-state index contributed by atoms with van der Waals surface area (Å²) in [7, 11) is 0.647. The van der Waals surface area contributed by atoms with E-state index in [4.69, 9.17) is 18.6 Å². The van der Waals surface area contributed by atoms with Crippen LogP contribution in [0.25, 0.3) is 0 Å². The topological polar surface area (TPSA) is 36.9 Å². The molecule has 0 aliphatic carbocycles. The van der Waals surface area contributed by atoms with Crippen LogP contribution in [0.2, 0.25) is 5.04 Å². The van der Waals surface area contributed by atoms with Gasteiger partial charge in [-0.25, -0.2) is 0 Å². The molecular formula is C36H40O4Si. The molecule has 41 heavy (non-hydrogen) atoms. The molecule has 212 valence electrons. The molecule has 1 aliphatic rings. The van der Waals surface area contributed by atoms with Crippen molar-refractivity contribution in [1.82, 2.24) is 0 Å². The molecule has 3 atom stereocenters. The van der Waals surface area contributed by atoms with Crippen LogP contribution in [0.15, 0.2) is 121 Å². The van der Waals surface area contributed by atoms with Gasteiger partial charge in [0.25, 0.3) is 8.32 Å². The molecule has 0 unspecified atom stereocenters. The third-order valence-electron chi connectivity index (χ3n) is 8.00. The zero-order valence-corrected chi connectivity index (χ0v) is 25.6. The van der Waals surface area contributed by atoms with Crippen LogP contribution in [0.5, 0.6) is 11.5 Å². The van der Waals surface area contributed by atoms with Crippen molar-refractivity contribution < 1.29 is 18.6 Å². The van der Waals surface area contributed by atoms with Gasteiger partial charge in [-0.1, -0.05) is 118 Å². The SMILES string of the molecule is COc1cccc([C@H]2C=C[C@H](c3cccc(OC)c3)O[C@@H]2CO[Si](c2ccccc2)(c2ccccc2)C(C)(C)C)c1. The summed E-state index contributed by atoms with van der Waals surface area (Å²) >= 11 is 0. The average Bonchev–Trinajstić information content (AvgIpc) is 3.01. The zero-order chi connectivity index (χ0) is 28.9. The molecule has 0 bridgehead atoms. The second kappa shape index (κ2) is 12.5. The first-order chi connectivity index (χ1) is 19.9. The maximum Gasteiger partial charge on any atom is 0.261 e. The molecule has 1 aliphatic heterocycles. The number of hydrogen-bond donors (Lipinski definition) is 0. The fourth-order valence-corrected chi connectivity index (χ4v) is 10.5. The molecule has 5 heteroatoms. The van der Waals surface area contributed by atoms with Gasteiger partial charge in [0.05, 0.1) is 26.9 Å². The Morgan fingerprint density at radius 3 is 1.73 bits per heavy atom. The Morgan fingerprint density at radius 1 is 0.659 bits per heavy atom. The van der Waals surface area contributed by atoms with Crippen LogP contribution >= 0.6 is 0 Å². The van der Waals surface area contributed by atoms with Gasteiger partial charge >= 0.3 is 0 Å². The highest BCUT2D eigenvalue weighted by Crippen LogP contribution is 2.40. The van der Waals surface area contributed by atoms with E-state index in [9.17, 15) is 0 Å². The summed E-state index contributed by atoms with van der Waals surface area (Å²) in [5, 5.41) is 2.39. The summed E-state index contributed by atoms with van der Waals surface area (Å²) in [6.45, 7) is 7.36. The minimum atomic E-state index is -2.75. The molecule has 0 aromatic heterocycles. The van der Waals surface area contributed by atoms with E-state index in [1.165, 1.54) is 10.4 Å². The van der Waals surface area contributed by atoms with Crippen molar-refractivity contribution in [3.05, 3.63) is 132 Å². The first-order valence-corrected chi connectivity index (χ1v) is 16.1. The van der Waals surface area contributed by atoms with Crippen LogP contribution in [0.1, 0.15) is 43.9 Å².